The molecule has 1 amide bonds. The number of fused-ring (bicyclic) bond motifs is 1. The third-order valence-corrected chi connectivity index (χ3v) is 5.88. The Balaban J connectivity index is 1.46. The summed E-state index contributed by atoms with van der Waals surface area (Å²) >= 11 is 19.4. The van der Waals surface area contributed by atoms with E-state index in [1.807, 2.05) is 11.4 Å². The van der Waals surface area contributed by atoms with Crippen molar-refractivity contribution in [2.24, 2.45) is 0 Å². The number of ether oxygens (including phenoxy) is 2. The third-order valence-electron chi connectivity index (χ3n) is 3.84. The molecule has 0 spiro atoms. The van der Waals surface area contributed by atoms with Gasteiger partial charge in [0.15, 0.2) is 13.2 Å². The highest BCUT2D eigenvalue weighted by Gasteiger charge is 2.22. The second kappa shape index (κ2) is 8.48. The molecular weight excluding hydrogens is 421 g/mol. The van der Waals surface area contributed by atoms with Crippen molar-refractivity contribution < 1.29 is 19.1 Å². The molecule has 1 aromatic heterocycles. The van der Waals surface area contributed by atoms with E-state index in [-0.39, 0.29) is 39.9 Å². The van der Waals surface area contributed by atoms with Crippen molar-refractivity contribution in [3.8, 4) is 5.75 Å². The van der Waals surface area contributed by atoms with E-state index in [1.165, 1.54) is 17.0 Å². The molecule has 0 bridgehead atoms. The fraction of sp³-hybridized carbons (Fsp3) is 0.294. The fourth-order valence-electron chi connectivity index (χ4n) is 2.49. The average Bonchev–Trinajstić information content (AvgIpc) is 3.09. The number of carbonyl (C=O) groups excluding carboxylic acids is 2. The van der Waals surface area contributed by atoms with Gasteiger partial charge in [0.1, 0.15) is 5.75 Å². The van der Waals surface area contributed by atoms with Crippen LogP contribution >= 0.6 is 46.1 Å². The van der Waals surface area contributed by atoms with Gasteiger partial charge in [-0.3, -0.25) is 4.79 Å². The van der Waals surface area contributed by atoms with Gasteiger partial charge in [-0.25, -0.2) is 4.79 Å². The summed E-state index contributed by atoms with van der Waals surface area (Å²) in [4.78, 5) is 27.0. The van der Waals surface area contributed by atoms with E-state index in [0.717, 1.165) is 12.0 Å². The molecule has 3 rings (SSSR count). The minimum absolute atomic E-state index is 0.213. The lowest BCUT2D eigenvalue weighted by molar-refractivity contribution is -0.154. The maximum Gasteiger partial charge on any atom is 0.344 e. The molecule has 0 N–H and O–H groups in total. The normalized spacial score (nSPS) is 13.3. The van der Waals surface area contributed by atoms with Crippen molar-refractivity contribution in [1.29, 1.82) is 0 Å². The summed E-state index contributed by atoms with van der Waals surface area (Å²) in [5.74, 6) is -0.693. The van der Waals surface area contributed by atoms with Crippen LogP contribution in [0.3, 0.4) is 0 Å². The Bertz CT molecular complexity index is 839. The highest BCUT2D eigenvalue weighted by atomic mass is 35.5. The number of thiophene rings is 1. The Hall–Kier alpha value is -1.47. The number of hydrogen-bond acceptors (Lipinski definition) is 5. The summed E-state index contributed by atoms with van der Waals surface area (Å²) in [7, 11) is 0. The molecule has 2 heterocycles. The monoisotopic (exact) mass is 433 g/mol. The van der Waals surface area contributed by atoms with Crippen molar-refractivity contribution in [1.82, 2.24) is 4.90 Å². The van der Waals surface area contributed by atoms with Gasteiger partial charge in [-0.05, 0) is 29.5 Å². The second-order valence-corrected chi connectivity index (χ2v) is 7.80. The van der Waals surface area contributed by atoms with Crippen LogP contribution in [0.5, 0.6) is 5.75 Å². The van der Waals surface area contributed by atoms with Gasteiger partial charge in [-0.15, -0.1) is 11.3 Å². The predicted molar refractivity (Wildman–Crippen MR) is 101 cm³/mol. The maximum absolute atomic E-state index is 12.2. The zero-order valence-electron chi connectivity index (χ0n) is 13.5. The highest BCUT2D eigenvalue weighted by Crippen LogP contribution is 2.33. The molecule has 9 heteroatoms. The summed E-state index contributed by atoms with van der Waals surface area (Å²) in [6.45, 7) is 0.459. The Labute approximate surface area is 169 Å². The molecule has 5 nitrogen and oxygen atoms in total. The molecule has 0 unspecified atom stereocenters. The van der Waals surface area contributed by atoms with Gasteiger partial charge in [0.25, 0.3) is 5.91 Å². The van der Waals surface area contributed by atoms with Gasteiger partial charge < -0.3 is 14.4 Å². The number of halogens is 3. The van der Waals surface area contributed by atoms with Gasteiger partial charge in [0.05, 0.1) is 15.1 Å². The quantitative estimate of drug-likeness (QED) is 0.522. The SMILES string of the molecule is O=C(COc1cc(Cl)c(Cl)cc1Cl)OCC(=O)N1CCc2sccc2C1. The first-order valence-corrected chi connectivity index (χ1v) is 9.71. The van der Waals surface area contributed by atoms with Gasteiger partial charge in [0.2, 0.25) is 0 Å². The molecule has 0 saturated heterocycles. The Morgan fingerprint density at radius 3 is 2.69 bits per heavy atom. The molecule has 26 heavy (non-hydrogen) atoms. The van der Waals surface area contributed by atoms with E-state index in [0.29, 0.717) is 13.1 Å². The summed E-state index contributed by atoms with van der Waals surface area (Å²) in [5.41, 5.74) is 1.15. The van der Waals surface area contributed by atoms with Crippen molar-refractivity contribution in [2.75, 3.05) is 19.8 Å². The van der Waals surface area contributed by atoms with Crippen LogP contribution in [-0.4, -0.2) is 36.5 Å². The van der Waals surface area contributed by atoms with E-state index >= 15 is 0 Å². The molecule has 0 saturated carbocycles. The number of carbonyl (C=O) groups is 2. The lowest BCUT2D eigenvalue weighted by Gasteiger charge is -2.26. The van der Waals surface area contributed by atoms with Crippen LogP contribution < -0.4 is 4.74 Å². The summed E-state index contributed by atoms with van der Waals surface area (Å²) in [6.07, 6.45) is 0.825. The van der Waals surface area contributed by atoms with Gasteiger partial charge in [-0.1, -0.05) is 34.8 Å². The van der Waals surface area contributed by atoms with Crippen molar-refractivity contribution in [3.05, 3.63) is 49.1 Å². The largest absolute Gasteiger partial charge is 0.480 e. The molecule has 1 aliphatic rings. The van der Waals surface area contributed by atoms with E-state index in [1.54, 1.807) is 16.2 Å². The van der Waals surface area contributed by atoms with Gasteiger partial charge >= 0.3 is 5.97 Å². The smallest absolute Gasteiger partial charge is 0.344 e. The number of amides is 1. The Morgan fingerprint density at radius 2 is 1.88 bits per heavy atom. The van der Waals surface area contributed by atoms with Gasteiger partial charge in [0, 0.05) is 24.0 Å². The first-order chi connectivity index (χ1) is 12.4. The molecule has 2 aromatic rings. The Morgan fingerprint density at radius 1 is 1.12 bits per heavy atom. The lowest BCUT2D eigenvalue weighted by Crippen LogP contribution is -2.38. The van der Waals surface area contributed by atoms with E-state index in [9.17, 15) is 9.59 Å². The van der Waals surface area contributed by atoms with Crippen molar-refractivity contribution >= 4 is 58.0 Å². The third kappa shape index (κ3) is 4.62. The summed E-state index contributed by atoms with van der Waals surface area (Å²) in [6, 6.07) is 4.85. The van der Waals surface area contributed by atoms with Crippen molar-refractivity contribution in [2.45, 2.75) is 13.0 Å². The highest BCUT2D eigenvalue weighted by molar-refractivity contribution is 7.10. The Kier molecular flexibility index (Phi) is 6.29. The minimum Gasteiger partial charge on any atom is -0.480 e. The van der Waals surface area contributed by atoms with Crippen LogP contribution in [0.1, 0.15) is 10.4 Å². The molecular formula is C17H14Cl3NO4S. The van der Waals surface area contributed by atoms with Crippen LogP contribution in [-0.2, 0) is 27.3 Å². The molecule has 1 aromatic carbocycles. The standard InChI is InChI=1S/C17H14Cl3NO4S/c18-11-5-13(20)14(6-12(11)19)24-9-17(23)25-8-16(22)21-3-1-15-10(7-21)2-4-26-15/h2,4-6H,1,3,7-9H2. The average molecular weight is 435 g/mol. The molecule has 0 aliphatic carbocycles. The first-order valence-electron chi connectivity index (χ1n) is 7.70. The zero-order chi connectivity index (χ0) is 18.7. The number of hydrogen-bond donors (Lipinski definition) is 0. The molecule has 138 valence electrons. The summed E-state index contributed by atoms with van der Waals surface area (Å²) in [5, 5.41) is 2.78. The maximum atomic E-state index is 12.2. The van der Waals surface area contributed by atoms with Crippen LogP contribution in [0.15, 0.2) is 23.6 Å². The van der Waals surface area contributed by atoms with Crippen LogP contribution in [0.25, 0.3) is 0 Å². The number of esters is 1. The summed E-state index contributed by atoms with van der Waals surface area (Å²) < 4.78 is 10.3. The van der Waals surface area contributed by atoms with E-state index in [4.69, 9.17) is 44.3 Å². The molecule has 0 atom stereocenters. The van der Waals surface area contributed by atoms with Gasteiger partial charge in [-0.2, -0.15) is 0 Å². The number of nitrogens with zero attached hydrogens (tertiary/aromatic N) is 1. The number of benzene rings is 1. The first kappa shape index (κ1) is 19.3. The fourth-order valence-corrected chi connectivity index (χ4v) is 3.97. The lowest BCUT2D eigenvalue weighted by atomic mass is 10.1. The van der Waals surface area contributed by atoms with Crippen LogP contribution in [0, 0.1) is 0 Å². The topological polar surface area (TPSA) is 55.8 Å². The van der Waals surface area contributed by atoms with Crippen LogP contribution in [0.2, 0.25) is 15.1 Å². The van der Waals surface area contributed by atoms with Crippen molar-refractivity contribution in [3.63, 3.8) is 0 Å². The molecule has 1 aliphatic heterocycles. The molecule has 0 fully saturated rings. The predicted octanol–water partition coefficient (Wildman–Crippen LogP) is 4.22. The van der Waals surface area contributed by atoms with E-state index < -0.39 is 5.97 Å². The molecule has 0 radical (unpaired) electrons. The van der Waals surface area contributed by atoms with Crippen LogP contribution in [0.4, 0.5) is 0 Å². The zero-order valence-corrected chi connectivity index (χ0v) is 16.6. The van der Waals surface area contributed by atoms with E-state index in [2.05, 4.69) is 0 Å². The second-order valence-electron chi connectivity index (χ2n) is 5.58. The minimum atomic E-state index is -0.672. The number of rotatable bonds is 5.